The second-order valence-electron chi connectivity index (χ2n) is 8.89. The summed E-state index contributed by atoms with van der Waals surface area (Å²) in [5.74, 6) is -1.21. The monoisotopic (exact) mass is 569 g/mol. The summed E-state index contributed by atoms with van der Waals surface area (Å²) in [5.41, 5.74) is 0.956. The quantitative estimate of drug-likeness (QED) is 0.133. The molecule has 2 amide bonds. The van der Waals surface area contributed by atoms with Crippen molar-refractivity contribution in [2.24, 2.45) is 11.8 Å². The molecule has 0 radical (unpaired) electrons. The van der Waals surface area contributed by atoms with E-state index in [1.54, 1.807) is 24.3 Å². The van der Waals surface area contributed by atoms with Crippen LogP contribution in [0.1, 0.15) is 81.5 Å². The number of amides is 2. The standard InChI is InChI=1S/C25H33Br2NO4/c1-2-3-4-5-6-7-8-9-14-32-25(31)17-10-12-18(13-11-17)28-23(29)19-15-21(26)22(27)16-20(19)24(28)30/h10-13,19-22H,2-9,14-16H2,1H3/t19-,20+,21-,22-/m0/s1. The van der Waals surface area contributed by atoms with Crippen molar-refractivity contribution in [3.8, 4) is 0 Å². The van der Waals surface area contributed by atoms with Crippen molar-refractivity contribution in [1.82, 2.24) is 0 Å². The Morgan fingerprint density at radius 3 is 1.91 bits per heavy atom. The topological polar surface area (TPSA) is 63.7 Å². The minimum atomic E-state index is -0.364. The lowest BCUT2D eigenvalue weighted by atomic mass is 9.81. The smallest absolute Gasteiger partial charge is 0.338 e. The summed E-state index contributed by atoms with van der Waals surface area (Å²) in [5, 5.41) is 0. The number of alkyl halides is 2. The van der Waals surface area contributed by atoms with Crippen molar-refractivity contribution in [2.45, 2.75) is 80.8 Å². The maximum atomic E-state index is 12.9. The van der Waals surface area contributed by atoms with E-state index in [1.165, 1.54) is 43.4 Å². The Morgan fingerprint density at radius 2 is 1.38 bits per heavy atom. The SMILES string of the molecule is CCCCCCCCCCOC(=O)c1ccc(N2C(=O)[C@H]3C[C@H](Br)[C@@H](Br)C[C@H]3C2=O)cc1. The molecule has 1 aliphatic heterocycles. The van der Waals surface area contributed by atoms with Crippen molar-refractivity contribution in [3.63, 3.8) is 0 Å². The molecule has 2 fully saturated rings. The number of halogens is 2. The third-order valence-corrected chi connectivity index (χ3v) is 9.24. The van der Waals surface area contributed by atoms with E-state index < -0.39 is 0 Å². The molecule has 4 atom stereocenters. The molecule has 1 aliphatic carbocycles. The van der Waals surface area contributed by atoms with Crippen molar-refractivity contribution in [3.05, 3.63) is 29.8 Å². The van der Waals surface area contributed by atoms with Gasteiger partial charge in [-0.15, -0.1) is 0 Å². The van der Waals surface area contributed by atoms with Crippen LogP contribution in [0.4, 0.5) is 5.69 Å². The number of carbonyl (C=O) groups excluding carboxylic acids is 3. The molecular weight excluding hydrogens is 538 g/mol. The summed E-state index contributed by atoms with van der Waals surface area (Å²) in [6, 6.07) is 6.59. The molecule has 32 heavy (non-hydrogen) atoms. The van der Waals surface area contributed by atoms with Gasteiger partial charge in [-0.1, -0.05) is 83.7 Å². The number of carbonyl (C=O) groups is 3. The van der Waals surface area contributed by atoms with E-state index in [1.807, 2.05) is 0 Å². The Labute approximate surface area is 207 Å². The molecule has 7 heteroatoms. The number of rotatable bonds is 11. The number of hydrogen-bond acceptors (Lipinski definition) is 4. The molecule has 1 saturated heterocycles. The van der Waals surface area contributed by atoms with Crippen LogP contribution < -0.4 is 4.90 Å². The van der Waals surface area contributed by atoms with Gasteiger partial charge in [-0.2, -0.15) is 0 Å². The summed E-state index contributed by atoms with van der Waals surface area (Å²) in [6.45, 7) is 2.64. The second-order valence-corrected chi connectivity index (χ2v) is 11.2. The minimum Gasteiger partial charge on any atom is -0.462 e. The van der Waals surface area contributed by atoms with Crippen LogP contribution in [0, 0.1) is 11.8 Å². The van der Waals surface area contributed by atoms with Gasteiger partial charge in [0.1, 0.15) is 0 Å². The molecule has 5 nitrogen and oxygen atoms in total. The summed E-state index contributed by atoms with van der Waals surface area (Å²) in [6.07, 6.45) is 10.8. The highest BCUT2D eigenvalue weighted by Gasteiger charge is 2.52. The Morgan fingerprint density at radius 1 is 0.875 bits per heavy atom. The fourth-order valence-corrected chi connectivity index (χ4v) is 5.82. The van der Waals surface area contributed by atoms with E-state index in [4.69, 9.17) is 4.74 Å². The minimum absolute atomic E-state index is 0.145. The fraction of sp³-hybridized carbons (Fsp3) is 0.640. The van der Waals surface area contributed by atoms with E-state index in [0.29, 0.717) is 30.7 Å². The number of esters is 1. The van der Waals surface area contributed by atoms with Crippen molar-refractivity contribution in [2.75, 3.05) is 11.5 Å². The first-order valence-corrected chi connectivity index (χ1v) is 13.7. The Balaban J connectivity index is 1.46. The van der Waals surface area contributed by atoms with Gasteiger partial charge in [-0.3, -0.25) is 14.5 Å². The van der Waals surface area contributed by atoms with Gasteiger partial charge in [0.25, 0.3) is 0 Å². The Bertz CT molecular complexity index is 770. The fourth-order valence-electron chi connectivity index (χ4n) is 4.58. The zero-order valence-corrected chi connectivity index (χ0v) is 21.9. The van der Waals surface area contributed by atoms with E-state index in [9.17, 15) is 14.4 Å². The van der Waals surface area contributed by atoms with Crippen LogP contribution in [0.3, 0.4) is 0 Å². The summed E-state index contributed by atoms with van der Waals surface area (Å²) in [4.78, 5) is 39.8. The predicted molar refractivity (Wildman–Crippen MR) is 133 cm³/mol. The predicted octanol–water partition coefficient (Wildman–Crippen LogP) is 6.41. The number of imide groups is 1. The summed E-state index contributed by atoms with van der Waals surface area (Å²) >= 11 is 7.21. The van der Waals surface area contributed by atoms with E-state index >= 15 is 0 Å². The lowest BCUT2D eigenvalue weighted by molar-refractivity contribution is -0.122. The highest BCUT2D eigenvalue weighted by molar-refractivity contribution is 9.12. The molecule has 1 saturated carbocycles. The van der Waals surface area contributed by atoms with Crippen LogP contribution in [0.2, 0.25) is 0 Å². The third kappa shape index (κ3) is 6.22. The molecule has 0 unspecified atom stereocenters. The highest BCUT2D eigenvalue weighted by Crippen LogP contribution is 2.44. The van der Waals surface area contributed by atoms with Crippen molar-refractivity contribution >= 4 is 55.3 Å². The largest absolute Gasteiger partial charge is 0.462 e. The van der Waals surface area contributed by atoms with Crippen LogP contribution >= 0.6 is 31.9 Å². The van der Waals surface area contributed by atoms with E-state index in [-0.39, 0.29) is 39.3 Å². The van der Waals surface area contributed by atoms with Gasteiger partial charge in [0.2, 0.25) is 11.8 Å². The van der Waals surface area contributed by atoms with Crippen molar-refractivity contribution < 1.29 is 19.1 Å². The van der Waals surface area contributed by atoms with Crippen LogP contribution in [-0.2, 0) is 14.3 Å². The van der Waals surface area contributed by atoms with Crippen LogP contribution in [-0.4, -0.2) is 34.0 Å². The Hall–Kier alpha value is -1.21. The normalized spacial score (nSPS) is 25.2. The number of anilines is 1. The number of fused-ring (bicyclic) bond motifs is 1. The van der Waals surface area contributed by atoms with Gasteiger partial charge in [0.05, 0.1) is 29.7 Å². The zero-order chi connectivity index (χ0) is 23.1. The van der Waals surface area contributed by atoms with Crippen LogP contribution in [0.25, 0.3) is 0 Å². The number of ether oxygens (including phenoxy) is 1. The zero-order valence-electron chi connectivity index (χ0n) is 18.7. The lowest BCUT2D eigenvalue weighted by Gasteiger charge is -2.29. The molecule has 1 heterocycles. The maximum absolute atomic E-state index is 12.9. The van der Waals surface area contributed by atoms with Gasteiger partial charge >= 0.3 is 5.97 Å². The molecule has 176 valence electrons. The molecular formula is C25H33Br2NO4. The first-order valence-electron chi connectivity index (χ1n) is 11.9. The highest BCUT2D eigenvalue weighted by atomic mass is 79.9. The number of benzene rings is 1. The number of hydrogen-bond donors (Lipinski definition) is 0. The molecule has 2 aliphatic rings. The number of nitrogens with zero attached hydrogens (tertiary/aromatic N) is 1. The third-order valence-electron chi connectivity index (χ3n) is 6.50. The lowest BCUT2D eigenvalue weighted by Crippen LogP contribution is -2.34. The second kappa shape index (κ2) is 12.3. The average Bonchev–Trinajstić information content (AvgIpc) is 3.02. The number of unbranched alkanes of at least 4 members (excludes halogenated alkanes) is 7. The molecule has 1 aromatic carbocycles. The molecule has 3 rings (SSSR count). The van der Waals surface area contributed by atoms with Crippen molar-refractivity contribution in [1.29, 1.82) is 0 Å². The van der Waals surface area contributed by atoms with Gasteiger partial charge < -0.3 is 4.74 Å². The van der Waals surface area contributed by atoms with E-state index in [0.717, 1.165) is 12.8 Å². The first kappa shape index (κ1) is 25.4. The van der Waals surface area contributed by atoms with E-state index in [2.05, 4.69) is 38.8 Å². The summed E-state index contributed by atoms with van der Waals surface area (Å²) < 4.78 is 5.38. The molecule has 0 N–H and O–H groups in total. The van der Waals surface area contributed by atoms with Gasteiger partial charge in [0.15, 0.2) is 0 Å². The van der Waals surface area contributed by atoms with Gasteiger partial charge in [0, 0.05) is 9.65 Å². The van der Waals surface area contributed by atoms with Gasteiger partial charge in [-0.25, -0.2) is 4.79 Å². The molecule has 0 spiro atoms. The first-order chi connectivity index (χ1) is 15.4. The van der Waals surface area contributed by atoms with Crippen LogP contribution in [0.5, 0.6) is 0 Å². The molecule has 0 bridgehead atoms. The summed E-state index contributed by atoms with van der Waals surface area (Å²) in [7, 11) is 0. The van der Waals surface area contributed by atoms with Gasteiger partial charge in [-0.05, 0) is 43.5 Å². The van der Waals surface area contributed by atoms with Crippen LogP contribution in [0.15, 0.2) is 24.3 Å². The Kier molecular flexibility index (Phi) is 9.77. The molecule has 0 aromatic heterocycles. The molecule has 1 aromatic rings. The average molecular weight is 571 g/mol. The maximum Gasteiger partial charge on any atom is 0.338 e.